The highest BCUT2D eigenvalue weighted by Gasteiger charge is 2.14. The van der Waals surface area contributed by atoms with Crippen molar-refractivity contribution in [3.05, 3.63) is 83.5 Å². The quantitative estimate of drug-likeness (QED) is 0.670. The van der Waals surface area contributed by atoms with Gasteiger partial charge in [0.05, 0.1) is 25.1 Å². The topological polar surface area (TPSA) is 105 Å². The van der Waals surface area contributed by atoms with Gasteiger partial charge in [-0.1, -0.05) is 30.3 Å². The molecule has 31 heavy (non-hydrogen) atoms. The van der Waals surface area contributed by atoms with Crippen molar-refractivity contribution < 1.29 is 9.53 Å². The number of amides is 1. The lowest BCUT2D eigenvalue weighted by Gasteiger charge is -2.14. The summed E-state index contributed by atoms with van der Waals surface area (Å²) in [5.74, 6) is 0.618. The van der Waals surface area contributed by atoms with Crippen molar-refractivity contribution in [2.75, 3.05) is 13.7 Å². The minimum Gasteiger partial charge on any atom is -0.495 e. The second-order valence-electron chi connectivity index (χ2n) is 6.94. The number of aromatic nitrogens is 3. The van der Waals surface area contributed by atoms with Gasteiger partial charge in [0, 0.05) is 30.7 Å². The summed E-state index contributed by atoms with van der Waals surface area (Å²) >= 11 is 0. The number of carbonyl (C=O) groups excluding carboxylic acids is 1. The number of aliphatic imine (C=N–C) groups is 1. The number of nitrogens with zero attached hydrogens (tertiary/aromatic N) is 5. The minimum absolute atomic E-state index is 0.231. The van der Waals surface area contributed by atoms with Gasteiger partial charge < -0.3 is 10.1 Å². The van der Waals surface area contributed by atoms with Crippen LogP contribution in [0.3, 0.4) is 0 Å². The predicted molar refractivity (Wildman–Crippen MR) is 115 cm³/mol. The number of hydrogen-bond acceptors (Lipinski definition) is 6. The average Bonchev–Trinajstić information content (AvgIpc) is 3.33. The molecule has 1 amide bonds. The van der Waals surface area contributed by atoms with Crippen LogP contribution in [-0.2, 0) is 0 Å². The van der Waals surface area contributed by atoms with Gasteiger partial charge in [0.1, 0.15) is 17.4 Å². The number of carbonyl (C=O) groups is 1. The van der Waals surface area contributed by atoms with E-state index >= 15 is 0 Å². The molecule has 0 saturated carbocycles. The van der Waals surface area contributed by atoms with Gasteiger partial charge in [0.25, 0.3) is 5.91 Å². The van der Waals surface area contributed by atoms with E-state index in [-0.39, 0.29) is 5.91 Å². The lowest BCUT2D eigenvalue weighted by atomic mass is 10.00. The van der Waals surface area contributed by atoms with Crippen LogP contribution in [0.2, 0.25) is 0 Å². The zero-order valence-electron chi connectivity index (χ0n) is 16.9. The maximum atomic E-state index is 12.5. The Balaban J connectivity index is 1.39. The first kappa shape index (κ1) is 20.0. The Hall–Kier alpha value is -4.25. The molecule has 3 heterocycles. The SMILES string of the molecule is COc1cc(-n2cc(C(=O)NCC3=CN=C(c4ccccc4)CC3)cn2)ncc1C#N. The van der Waals surface area contributed by atoms with Crippen molar-refractivity contribution in [1.82, 2.24) is 20.1 Å². The Bertz CT molecular complexity index is 1200. The Kier molecular flexibility index (Phi) is 5.85. The summed E-state index contributed by atoms with van der Waals surface area (Å²) in [7, 11) is 1.48. The average molecular weight is 412 g/mol. The summed E-state index contributed by atoms with van der Waals surface area (Å²) in [5.41, 5.74) is 3.99. The van der Waals surface area contributed by atoms with Gasteiger partial charge in [-0.15, -0.1) is 0 Å². The highest BCUT2D eigenvalue weighted by Crippen LogP contribution is 2.20. The molecule has 0 bridgehead atoms. The van der Waals surface area contributed by atoms with Crippen LogP contribution in [0.4, 0.5) is 0 Å². The van der Waals surface area contributed by atoms with Crippen LogP contribution in [0, 0.1) is 11.3 Å². The second kappa shape index (κ2) is 9.05. The standard InChI is InChI=1S/C23H20N6O2/c1-31-21-9-22(26-13-18(21)10-24)29-15-19(14-28-29)23(30)27-12-16-7-8-20(25-11-16)17-5-3-2-4-6-17/h2-6,9,11,13-15H,7-8,12H2,1H3,(H,27,30). The van der Waals surface area contributed by atoms with E-state index in [1.54, 1.807) is 12.3 Å². The Morgan fingerprint density at radius 1 is 1.26 bits per heavy atom. The highest BCUT2D eigenvalue weighted by molar-refractivity contribution is 6.01. The maximum Gasteiger partial charge on any atom is 0.254 e. The van der Waals surface area contributed by atoms with E-state index in [4.69, 9.17) is 10.00 Å². The summed E-state index contributed by atoms with van der Waals surface area (Å²) in [4.78, 5) is 21.3. The van der Waals surface area contributed by atoms with Crippen molar-refractivity contribution in [2.45, 2.75) is 12.8 Å². The molecule has 154 valence electrons. The number of methoxy groups -OCH3 is 1. The molecule has 0 saturated heterocycles. The normalized spacial score (nSPS) is 13.0. The van der Waals surface area contributed by atoms with E-state index in [0.717, 1.165) is 29.7 Å². The maximum absolute atomic E-state index is 12.5. The van der Waals surface area contributed by atoms with Gasteiger partial charge in [-0.05, 0) is 24.0 Å². The Morgan fingerprint density at radius 2 is 2.10 bits per heavy atom. The van der Waals surface area contributed by atoms with Crippen LogP contribution in [0.15, 0.2) is 71.8 Å². The van der Waals surface area contributed by atoms with Gasteiger partial charge in [-0.25, -0.2) is 9.67 Å². The first-order valence-electron chi connectivity index (χ1n) is 9.75. The molecule has 3 aromatic rings. The van der Waals surface area contributed by atoms with E-state index in [2.05, 4.69) is 32.5 Å². The third-order valence-corrected chi connectivity index (χ3v) is 4.94. The fraction of sp³-hybridized carbons (Fsp3) is 0.174. The molecule has 1 aliphatic rings. The molecule has 0 aliphatic carbocycles. The molecule has 1 N–H and O–H groups in total. The molecule has 2 aromatic heterocycles. The summed E-state index contributed by atoms with van der Waals surface area (Å²) in [6.45, 7) is 0.429. The fourth-order valence-corrected chi connectivity index (χ4v) is 3.23. The van der Waals surface area contributed by atoms with E-state index < -0.39 is 0 Å². The third kappa shape index (κ3) is 4.51. The number of ether oxygens (including phenoxy) is 1. The van der Waals surface area contributed by atoms with Crippen LogP contribution >= 0.6 is 0 Å². The first-order valence-corrected chi connectivity index (χ1v) is 9.75. The van der Waals surface area contributed by atoms with E-state index in [1.807, 2.05) is 30.5 Å². The third-order valence-electron chi connectivity index (χ3n) is 4.94. The summed E-state index contributed by atoms with van der Waals surface area (Å²) < 4.78 is 6.66. The first-order chi connectivity index (χ1) is 15.2. The van der Waals surface area contributed by atoms with Crippen molar-refractivity contribution in [1.29, 1.82) is 5.26 Å². The minimum atomic E-state index is -0.231. The molecule has 1 aliphatic heterocycles. The van der Waals surface area contributed by atoms with E-state index in [1.165, 1.54) is 24.2 Å². The molecule has 0 atom stereocenters. The molecule has 0 radical (unpaired) electrons. The number of benzene rings is 1. The van der Waals surface area contributed by atoms with Crippen molar-refractivity contribution in [2.24, 2.45) is 4.99 Å². The molecule has 0 unspecified atom stereocenters. The predicted octanol–water partition coefficient (Wildman–Crippen LogP) is 3.04. The number of nitriles is 1. The Morgan fingerprint density at radius 3 is 2.81 bits per heavy atom. The summed E-state index contributed by atoms with van der Waals surface area (Å²) in [6, 6.07) is 13.7. The largest absolute Gasteiger partial charge is 0.495 e. The smallest absolute Gasteiger partial charge is 0.254 e. The molecule has 8 heteroatoms. The molecule has 0 spiro atoms. The second-order valence-corrected chi connectivity index (χ2v) is 6.94. The van der Waals surface area contributed by atoms with Crippen LogP contribution in [0.5, 0.6) is 5.75 Å². The highest BCUT2D eigenvalue weighted by atomic mass is 16.5. The van der Waals surface area contributed by atoms with E-state index in [0.29, 0.717) is 29.2 Å². The number of nitrogens with one attached hydrogen (secondary N) is 1. The van der Waals surface area contributed by atoms with Gasteiger partial charge >= 0.3 is 0 Å². The fourth-order valence-electron chi connectivity index (χ4n) is 3.23. The van der Waals surface area contributed by atoms with E-state index in [9.17, 15) is 4.79 Å². The van der Waals surface area contributed by atoms with Gasteiger partial charge in [0.2, 0.25) is 0 Å². The van der Waals surface area contributed by atoms with Crippen molar-refractivity contribution in [3.8, 4) is 17.6 Å². The van der Waals surface area contributed by atoms with Crippen LogP contribution < -0.4 is 10.1 Å². The van der Waals surface area contributed by atoms with Crippen LogP contribution in [-0.4, -0.2) is 40.0 Å². The van der Waals surface area contributed by atoms with Gasteiger partial charge in [-0.2, -0.15) is 10.4 Å². The molecular formula is C23H20N6O2. The molecule has 4 rings (SSSR count). The summed E-state index contributed by atoms with van der Waals surface area (Å²) in [5, 5.41) is 16.2. The zero-order valence-corrected chi connectivity index (χ0v) is 16.9. The molecular weight excluding hydrogens is 392 g/mol. The summed E-state index contributed by atoms with van der Waals surface area (Å²) in [6.07, 6.45) is 8.00. The van der Waals surface area contributed by atoms with Gasteiger partial charge in [0.15, 0.2) is 5.82 Å². The van der Waals surface area contributed by atoms with Crippen molar-refractivity contribution >= 4 is 11.6 Å². The number of rotatable bonds is 6. The van der Waals surface area contributed by atoms with Crippen LogP contribution in [0.1, 0.15) is 34.3 Å². The lowest BCUT2D eigenvalue weighted by Crippen LogP contribution is -2.26. The lowest BCUT2D eigenvalue weighted by molar-refractivity contribution is 0.0956. The van der Waals surface area contributed by atoms with Crippen molar-refractivity contribution in [3.63, 3.8) is 0 Å². The monoisotopic (exact) mass is 412 g/mol. The molecule has 8 nitrogen and oxygen atoms in total. The number of pyridine rings is 1. The Labute approximate surface area is 179 Å². The zero-order chi connectivity index (χ0) is 21.6. The number of hydrogen-bond donors (Lipinski definition) is 1. The molecule has 1 aromatic carbocycles. The molecule has 0 fully saturated rings. The van der Waals surface area contributed by atoms with Crippen LogP contribution in [0.25, 0.3) is 5.82 Å². The van der Waals surface area contributed by atoms with Gasteiger partial charge in [-0.3, -0.25) is 9.79 Å².